The highest BCUT2D eigenvalue weighted by Gasteiger charge is 2.25. The third-order valence-corrected chi connectivity index (χ3v) is 10.6. The summed E-state index contributed by atoms with van der Waals surface area (Å²) in [6.07, 6.45) is 36.9. The molecule has 0 N–H and O–H groups in total. The first-order chi connectivity index (χ1) is 23.7. The van der Waals surface area contributed by atoms with Crippen LogP contribution in [0.4, 0.5) is 0 Å². The summed E-state index contributed by atoms with van der Waals surface area (Å²) in [5.74, 6) is 2.03. The van der Waals surface area contributed by atoms with Crippen LogP contribution in [0.5, 0.6) is 0 Å². The minimum Gasteiger partial charge on any atom is -0.234 e. The van der Waals surface area contributed by atoms with Crippen LogP contribution in [-0.2, 0) is 25.9 Å². The summed E-state index contributed by atoms with van der Waals surface area (Å²) in [4.78, 5) is 0. The monoisotopic (exact) mass is 656 g/mol. The van der Waals surface area contributed by atoms with E-state index in [1.54, 1.807) is 0 Å². The molecule has 0 fully saturated rings. The Labute approximate surface area is 298 Å². The van der Waals surface area contributed by atoms with Crippen LogP contribution >= 0.6 is 0 Å². The van der Waals surface area contributed by atoms with Crippen molar-refractivity contribution in [1.29, 1.82) is 0 Å². The van der Waals surface area contributed by atoms with Gasteiger partial charge in [0.05, 0.1) is 19.5 Å². The van der Waals surface area contributed by atoms with E-state index in [0.717, 1.165) is 25.9 Å². The molecule has 0 saturated heterocycles. The van der Waals surface area contributed by atoms with Gasteiger partial charge >= 0.3 is 0 Å². The van der Waals surface area contributed by atoms with E-state index in [4.69, 9.17) is 0 Å². The first-order valence-corrected chi connectivity index (χ1v) is 20.9. The minimum absolute atomic E-state index is 0.516. The lowest BCUT2D eigenvalue weighted by atomic mass is 9.96. The summed E-state index contributed by atoms with van der Waals surface area (Å²) in [5, 5.41) is 0. The first kappa shape index (κ1) is 40.1. The molecule has 0 saturated carbocycles. The molecule has 3 aromatic rings. The predicted octanol–water partition coefficient (Wildman–Crippen LogP) is 13.7. The summed E-state index contributed by atoms with van der Waals surface area (Å²) in [6, 6.07) is 22.4. The second-order valence-corrected chi connectivity index (χ2v) is 15.0. The molecule has 3 rings (SSSR count). The van der Waals surface area contributed by atoms with Gasteiger partial charge in [0.1, 0.15) is 11.9 Å². The van der Waals surface area contributed by atoms with E-state index in [1.165, 1.54) is 170 Å². The van der Waals surface area contributed by atoms with Crippen LogP contribution < -0.4 is 4.57 Å². The molecule has 2 aromatic carbocycles. The molecule has 1 heterocycles. The molecule has 1 aromatic heterocycles. The highest BCUT2D eigenvalue weighted by Crippen LogP contribution is 2.23. The quantitative estimate of drug-likeness (QED) is 0.0499. The molecule has 0 aliphatic heterocycles. The number of benzene rings is 2. The topological polar surface area (TPSA) is 8.81 Å². The second kappa shape index (κ2) is 26.5. The molecular weight excluding hydrogens is 581 g/mol. The van der Waals surface area contributed by atoms with Gasteiger partial charge in [0.15, 0.2) is 0 Å². The van der Waals surface area contributed by atoms with Crippen LogP contribution in [0.3, 0.4) is 0 Å². The maximum atomic E-state index is 2.75. The zero-order valence-corrected chi connectivity index (χ0v) is 31.9. The number of aromatic nitrogens is 2. The van der Waals surface area contributed by atoms with Gasteiger partial charge in [-0.05, 0) is 42.7 Å². The fourth-order valence-electron chi connectivity index (χ4n) is 7.52. The molecule has 0 spiro atoms. The Balaban J connectivity index is 1.56. The Morgan fingerprint density at radius 3 is 1.46 bits per heavy atom. The van der Waals surface area contributed by atoms with Crippen LogP contribution in [0.1, 0.15) is 197 Å². The third-order valence-electron chi connectivity index (χ3n) is 10.6. The number of unbranched alkanes of at least 4 members (excludes halogenated alkanes) is 21. The van der Waals surface area contributed by atoms with Crippen molar-refractivity contribution in [2.75, 3.05) is 0 Å². The smallest absolute Gasteiger partial charge is 0.234 e. The number of hydrogen-bond acceptors (Lipinski definition) is 0. The highest BCUT2D eigenvalue weighted by molar-refractivity contribution is 5.22. The van der Waals surface area contributed by atoms with Gasteiger partial charge in [-0.1, -0.05) is 203 Å². The molecule has 0 radical (unpaired) electrons. The van der Waals surface area contributed by atoms with Gasteiger partial charge in [-0.2, -0.15) is 0 Å². The zero-order valence-electron chi connectivity index (χ0n) is 31.9. The summed E-state index contributed by atoms with van der Waals surface area (Å²) in [7, 11) is 0. The number of rotatable bonds is 30. The fraction of sp³-hybridized carbons (Fsp3) is 0.674. The molecule has 268 valence electrons. The van der Waals surface area contributed by atoms with E-state index in [-0.39, 0.29) is 0 Å². The lowest BCUT2D eigenvalue weighted by Crippen LogP contribution is -2.37. The Morgan fingerprint density at radius 2 is 0.958 bits per heavy atom. The van der Waals surface area contributed by atoms with Crippen molar-refractivity contribution in [3.8, 4) is 0 Å². The van der Waals surface area contributed by atoms with E-state index in [0.29, 0.717) is 5.92 Å². The van der Waals surface area contributed by atoms with Crippen LogP contribution in [0.15, 0.2) is 66.9 Å². The van der Waals surface area contributed by atoms with E-state index < -0.39 is 0 Å². The number of aryl methyl sites for hydroxylation is 1. The molecule has 2 nitrogen and oxygen atoms in total. The van der Waals surface area contributed by atoms with E-state index in [1.807, 2.05) is 0 Å². The molecule has 0 amide bonds. The SMILES string of the molecule is CCCCCCCCCCCCCCCC[n+]1cc(CC(C)c2ccccc2)n(CCCCCCCCCCC)c1Cc1ccccc1. The lowest BCUT2D eigenvalue weighted by molar-refractivity contribution is -0.704. The van der Waals surface area contributed by atoms with Gasteiger partial charge in [-0.25, -0.2) is 9.13 Å². The molecule has 1 unspecified atom stereocenters. The number of nitrogens with zero attached hydrogens (tertiary/aromatic N) is 2. The number of hydrogen-bond donors (Lipinski definition) is 0. The van der Waals surface area contributed by atoms with Crippen molar-refractivity contribution >= 4 is 0 Å². The van der Waals surface area contributed by atoms with E-state index in [2.05, 4.69) is 96.8 Å². The van der Waals surface area contributed by atoms with Crippen LogP contribution in [0.25, 0.3) is 0 Å². The van der Waals surface area contributed by atoms with Crippen molar-refractivity contribution in [2.24, 2.45) is 0 Å². The summed E-state index contributed by atoms with van der Waals surface area (Å²) >= 11 is 0. The Bertz CT molecular complexity index is 1150. The van der Waals surface area contributed by atoms with Crippen LogP contribution in [0, 0.1) is 0 Å². The van der Waals surface area contributed by atoms with Crippen molar-refractivity contribution in [3.63, 3.8) is 0 Å². The highest BCUT2D eigenvalue weighted by atomic mass is 15.2. The third kappa shape index (κ3) is 16.8. The van der Waals surface area contributed by atoms with E-state index >= 15 is 0 Å². The van der Waals surface area contributed by atoms with Crippen LogP contribution in [-0.4, -0.2) is 4.57 Å². The average molecular weight is 656 g/mol. The molecule has 0 bridgehead atoms. The largest absolute Gasteiger partial charge is 0.261 e. The van der Waals surface area contributed by atoms with Crippen molar-refractivity contribution in [1.82, 2.24) is 4.57 Å². The van der Waals surface area contributed by atoms with Gasteiger partial charge in [-0.3, -0.25) is 0 Å². The number of imidazole rings is 1. The minimum atomic E-state index is 0.516. The van der Waals surface area contributed by atoms with Gasteiger partial charge in [0.2, 0.25) is 0 Å². The fourth-order valence-corrected chi connectivity index (χ4v) is 7.52. The van der Waals surface area contributed by atoms with Gasteiger partial charge in [-0.15, -0.1) is 0 Å². The lowest BCUT2D eigenvalue weighted by Gasteiger charge is -2.12. The van der Waals surface area contributed by atoms with Gasteiger partial charge in [0, 0.05) is 6.42 Å². The molecule has 0 aliphatic rings. The Hall–Kier alpha value is -2.35. The normalized spacial score (nSPS) is 12.1. The summed E-state index contributed by atoms with van der Waals surface area (Å²) < 4.78 is 5.41. The maximum absolute atomic E-state index is 2.75. The summed E-state index contributed by atoms with van der Waals surface area (Å²) in [5.41, 5.74) is 4.42. The standard InChI is InChI=1S/C46H75N2/c1-4-6-8-10-12-14-15-16-17-18-20-21-23-31-37-47-41-45(39-42(3)44-35-29-26-30-36-44)48(46(47)40-43-33-27-25-28-34-43)38-32-24-22-19-13-11-9-7-5-2/h25-30,33-36,41-42H,4-24,31-32,37-40H2,1-3H3/q+1. The van der Waals surface area contributed by atoms with Crippen molar-refractivity contribution in [2.45, 2.75) is 200 Å². The summed E-state index contributed by atoms with van der Waals surface area (Å²) in [6.45, 7) is 9.34. The van der Waals surface area contributed by atoms with Crippen molar-refractivity contribution < 1.29 is 4.57 Å². The predicted molar refractivity (Wildman–Crippen MR) is 210 cm³/mol. The second-order valence-electron chi connectivity index (χ2n) is 15.0. The zero-order chi connectivity index (χ0) is 33.9. The van der Waals surface area contributed by atoms with E-state index in [9.17, 15) is 0 Å². The Kier molecular flexibility index (Phi) is 22.1. The average Bonchev–Trinajstić information content (AvgIpc) is 3.42. The Morgan fingerprint density at radius 1 is 0.521 bits per heavy atom. The molecule has 2 heteroatoms. The molecule has 0 aliphatic carbocycles. The molecular formula is C46H75N2+. The first-order valence-electron chi connectivity index (χ1n) is 20.9. The molecule has 48 heavy (non-hydrogen) atoms. The van der Waals surface area contributed by atoms with Crippen LogP contribution in [0.2, 0.25) is 0 Å². The maximum Gasteiger partial charge on any atom is 0.261 e. The van der Waals surface area contributed by atoms with Crippen molar-refractivity contribution in [3.05, 3.63) is 89.5 Å². The molecule has 1 atom stereocenters. The van der Waals surface area contributed by atoms with Gasteiger partial charge in [0.25, 0.3) is 5.82 Å². The van der Waals surface area contributed by atoms with Gasteiger partial charge < -0.3 is 0 Å².